The number of carbonyl (C=O) groups is 3. The average Bonchev–Trinajstić information content (AvgIpc) is 3.30. The van der Waals surface area contributed by atoms with Crippen LogP contribution in [-0.2, 0) is 28.6 Å². The highest BCUT2D eigenvalue weighted by molar-refractivity contribution is 5.71. The molecule has 0 saturated carbocycles. The number of rotatable bonds is 50. The summed E-state index contributed by atoms with van der Waals surface area (Å²) in [6, 6.07) is 0. The van der Waals surface area contributed by atoms with Gasteiger partial charge in [-0.2, -0.15) is 0 Å². The fourth-order valence-corrected chi connectivity index (χ4v) is 7.90. The Hall–Kier alpha value is -2.89. The first-order chi connectivity index (χ1) is 32.0. The molecule has 0 heterocycles. The minimum Gasteiger partial charge on any atom is -0.462 e. The first-order valence-corrected chi connectivity index (χ1v) is 27.8. The first kappa shape index (κ1) is 62.1. The highest BCUT2D eigenvalue weighted by Gasteiger charge is 2.19. The molecule has 0 N–H and O–H groups in total. The molecule has 0 saturated heterocycles. The van der Waals surface area contributed by atoms with E-state index < -0.39 is 6.10 Å². The Morgan fingerprint density at radius 2 is 0.600 bits per heavy atom. The van der Waals surface area contributed by atoms with Crippen LogP contribution in [0.4, 0.5) is 0 Å². The topological polar surface area (TPSA) is 78.9 Å². The van der Waals surface area contributed by atoms with Crippen molar-refractivity contribution in [2.24, 2.45) is 0 Å². The summed E-state index contributed by atoms with van der Waals surface area (Å²) in [6.45, 7) is 6.49. The van der Waals surface area contributed by atoms with Gasteiger partial charge in [-0.15, -0.1) is 0 Å². The van der Waals surface area contributed by atoms with Crippen LogP contribution >= 0.6 is 0 Å². The average molecular weight is 909 g/mol. The van der Waals surface area contributed by atoms with Crippen molar-refractivity contribution in [1.29, 1.82) is 0 Å². The number of esters is 3. The van der Waals surface area contributed by atoms with Crippen molar-refractivity contribution in [3.63, 3.8) is 0 Å². The number of hydrogen-bond acceptors (Lipinski definition) is 6. The molecule has 0 radical (unpaired) electrons. The van der Waals surface area contributed by atoms with E-state index in [1.807, 2.05) is 6.08 Å². The SMILES string of the molecule is CC/C=C\C/C=C\C/C=C\C/C=C\C/C=C\CCC(=O)OC(COC(=O)CCCCCCCCCCCCCC)COC(=O)CCCCCCCCCCCCCCCCCCCCC. The summed E-state index contributed by atoms with van der Waals surface area (Å²) in [5, 5.41) is 0. The molecule has 0 bridgehead atoms. The van der Waals surface area contributed by atoms with Gasteiger partial charge in [-0.25, -0.2) is 0 Å². The largest absolute Gasteiger partial charge is 0.462 e. The lowest BCUT2D eigenvalue weighted by Gasteiger charge is -2.18. The minimum atomic E-state index is -0.809. The second-order valence-electron chi connectivity index (χ2n) is 18.5. The van der Waals surface area contributed by atoms with E-state index in [-0.39, 0.29) is 37.5 Å². The van der Waals surface area contributed by atoms with E-state index in [2.05, 4.69) is 75.5 Å². The van der Waals surface area contributed by atoms with Crippen molar-refractivity contribution in [2.45, 2.75) is 284 Å². The normalized spacial score (nSPS) is 12.5. The zero-order chi connectivity index (χ0) is 47.2. The maximum absolute atomic E-state index is 12.8. The van der Waals surface area contributed by atoms with E-state index in [9.17, 15) is 14.4 Å². The molecule has 0 rings (SSSR count). The van der Waals surface area contributed by atoms with E-state index in [4.69, 9.17) is 14.2 Å². The molecule has 6 heteroatoms. The summed E-state index contributed by atoms with van der Waals surface area (Å²) in [6.07, 6.45) is 66.5. The highest BCUT2D eigenvalue weighted by Crippen LogP contribution is 2.16. The predicted octanol–water partition coefficient (Wildman–Crippen LogP) is 18.4. The Morgan fingerprint density at radius 1 is 0.323 bits per heavy atom. The Labute approximate surface area is 402 Å². The van der Waals surface area contributed by atoms with Gasteiger partial charge in [-0.05, 0) is 51.4 Å². The molecule has 1 unspecified atom stereocenters. The van der Waals surface area contributed by atoms with E-state index in [1.165, 1.54) is 161 Å². The number of hydrogen-bond donors (Lipinski definition) is 0. The quantitative estimate of drug-likeness (QED) is 0.0262. The molecule has 1 atom stereocenters. The van der Waals surface area contributed by atoms with Crippen LogP contribution in [0, 0.1) is 0 Å². The number of allylic oxidation sites excluding steroid dienone is 10. The zero-order valence-corrected chi connectivity index (χ0v) is 43.0. The van der Waals surface area contributed by atoms with Crippen molar-refractivity contribution in [3.8, 4) is 0 Å². The molecule has 0 aliphatic carbocycles. The first-order valence-electron chi connectivity index (χ1n) is 27.8. The summed E-state index contributed by atoms with van der Waals surface area (Å²) < 4.78 is 16.8. The predicted molar refractivity (Wildman–Crippen MR) is 279 cm³/mol. The molecule has 0 amide bonds. The third kappa shape index (κ3) is 51.9. The van der Waals surface area contributed by atoms with Gasteiger partial charge < -0.3 is 14.2 Å². The summed E-state index contributed by atoms with van der Waals surface area (Å²) in [5.74, 6) is -0.973. The van der Waals surface area contributed by atoms with Crippen molar-refractivity contribution in [1.82, 2.24) is 0 Å². The third-order valence-electron chi connectivity index (χ3n) is 12.1. The van der Waals surface area contributed by atoms with Gasteiger partial charge in [-0.3, -0.25) is 14.4 Å². The molecule has 0 aliphatic rings. The molecule has 376 valence electrons. The Balaban J connectivity index is 4.40. The van der Waals surface area contributed by atoms with Crippen LogP contribution in [0.3, 0.4) is 0 Å². The van der Waals surface area contributed by atoms with Crippen molar-refractivity contribution < 1.29 is 28.6 Å². The van der Waals surface area contributed by atoms with Crippen molar-refractivity contribution >= 4 is 17.9 Å². The van der Waals surface area contributed by atoms with E-state index in [1.54, 1.807) is 0 Å². The summed E-state index contributed by atoms with van der Waals surface area (Å²) in [7, 11) is 0. The monoisotopic (exact) mass is 909 g/mol. The fraction of sp³-hybridized carbons (Fsp3) is 0.780. The van der Waals surface area contributed by atoms with Crippen LogP contribution < -0.4 is 0 Å². The maximum Gasteiger partial charge on any atom is 0.306 e. The molecule has 0 aliphatic heterocycles. The molecule has 6 nitrogen and oxygen atoms in total. The minimum absolute atomic E-state index is 0.0999. The van der Waals surface area contributed by atoms with Crippen molar-refractivity contribution in [3.05, 3.63) is 60.8 Å². The number of carbonyl (C=O) groups excluding carboxylic acids is 3. The molecular weight excluding hydrogens is 805 g/mol. The summed E-state index contributed by atoms with van der Waals surface area (Å²) in [4.78, 5) is 38.0. The standard InChI is InChI=1S/C59H104O6/c1-4-7-10-13-16-19-22-25-27-29-30-31-33-34-37-40-43-46-49-52-58(61)64-55-56(54-63-57(60)51-48-45-42-39-36-24-21-18-15-12-9-6-3)65-59(62)53-50-47-44-41-38-35-32-28-26-23-20-17-14-11-8-5-2/h8,11,17,20,26,28,35,38,44,47,56H,4-7,9-10,12-16,18-19,21-25,27,29-34,36-37,39-43,45-46,48-55H2,1-3H3/b11-8-,20-17-,28-26-,38-35-,47-44-. The van der Waals surface area contributed by atoms with Gasteiger partial charge in [0.25, 0.3) is 0 Å². The second-order valence-corrected chi connectivity index (χ2v) is 18.5. The second kappa shape index (κ2) is 53.7. The molecule has 0 aromatic rings. The Bertz CT molecular complexity index is 1180. The Kier molecular flexibility index (Phi) is 51.3. The van der Waals surface area contributed by atoms with Gasteiger partial charge in [0, 0.05) is 19.3 Å². The Morgan fingerprint density at radius 3 is 0.908 bits per heavy atom. The lowest BCUT2D eigenvalue weighted by atomic mass is 10.0. The molecule has 65 heavy (non-hydrogen) atoms. The van der Waals surface area contributed by atoms with Crippen molar-refractivity contribution in [2.75, 3.05) is 13.2 Å². The summed E-state index contributed by atoms with van der Waals surface area (Å²) >= 11 is 0. The van der Waals surface area contributed by atoms with Gasteiger partial charge in [0.05, 0.1) is 0 Å². The maximum atomic E-state index is 12.8. The lowest BCUT2D eigenvalue weighted by Crippen LogP contribution is -2.30. The smallest absolute Gasteiger partial charge is 0.306 e. The number of unbranched alkanes of at least 4 members (excludes halogenated alkanes) is 29. The zero-order valence-electron chi connectivity index (χ0n) is 43.0. The van der Waals surface area contributed by atoms with Gasteiger partial charge in [0.15, 0.2) is 6.10 Å². The van der Waals surface area contributed by atoms with E-state index >= 15 is 0 Å². The molecule has 0 fully saturated rings. The van der Waals surface area contributed by atoms with Gasteiger partial charge >= 0.3 is 17.9 Å². The molecule has 0 aromatic carbocycles. The molecular formula is C59H104O6. The van der Waals surface area contributed by atoms with Crippen LogP contribution in [0.25, 0.3) is 0 Å². The van der Waals surface area contributed by atoms with Crippen LogP contribution in [0.2, 0.25) is 0 Å². The number of ether oxygens (including phenoxy) is 3. The van der Waals surface area contributed by atoms with E-state index in [0.29, 0.717) is 19.3 Å². The fourth-order valence-electron chi connectivity index (χ4n) is 7.90. The third-order valence-corrected chi connectivity index (χ3v) is 12.1. The highest BCUT2D eigenvalue weighted by atomic mass is 16.6. The van der Waals surface area contributed by atoms with Crippen LogP contribution in [-0.4, -0.2) is 37.2 Å². The van der Waals surface area contributed by atoms with Crippen LogP contribution in [0.5, 0.6) is 0 Å². The molecule has 0 aromatic heterocycles. The van der Waals surface area contributed by atoms with E-state index in [0.717, 1.165) is 70.6 Å². The van der Waals surface area contributed by atoms with Gasteiger partial charge in [0.2, 0.25) is 0 Å². The lowest BCUT2D eigenvalue weighted by molar-refractivity contribution is -0.166. The summed E-state index contributed by atoms with van der Waals surface area (Å²) in [5.41, 5.74) is 0. The van der Waals surface area contributed by atoms with Gasteiger partial charge in [-0.1, -0.05) is 268 Å². The molecule has 0 spiro atoms. The van der Waals surface area contributed by atoms with Crippen LogP contribution in [0.1, 0.15) is 278 Å². The van der Waals surface area contributed by atoms with Crippen LogP contribution in [0.15, 0.2) is 60.8 Å². The van der Waals surface area contributed by atoms with Gasteiger partial charge in [0.1, 0.15) is 13.2 Å².